The Kier molecular flexibility index (Phi) is 5.66. The van der Waals surface area contributed by atoms with Gasteiger partial charge in [-0.3, -0.25) is 4.90 Å². The molecule has 1 atom stereocenters. The molecule has 0 spiro atoms. The maximum Gasteiger partial charge on any atom is 0.327 e. The van der Waals surface area contributed by atoms with Crippen molar-refractivity contribution in [3.63, 3.8) is 0 Å². The number of benzene rings is 1. The van der Waals surface area contributed by atoms with Gasteiger partial charge in [0.2, 0.25) is 0 Å². The van der Waals surface area contributed by atoms with Gasteiger partial charge in [0.05, 0.1) is 13.8 Å². The lowest BCUT2D eigenvalue weighted by Gasteiger charge is -2.28. The van der Waals surface area contributed by atoms with E-state index >= 15 is 0 Å². The van der Waals surface area contributed by atoms with E-state index in [1.165, 1.54) is 7.11 Å². The Bertz CT molecular complexity index is 340. The van der Waals surface area contributed by atoms with E-state index in [0.717, 1.165) is 5.56 Å². The highest BCUT2D eigenvalue weighted by Gasteiger charge is 2.27. The van der Waals surface area contributed by atoms with E-state index in [4.69, 9.17) is 9.47 Å². The lowest BCUT2D eigenvalue weighted by molar-refractivity contribution is -0.149. The van der Waals surface area contributed by atoms with Crippen molar-refractivity contribution in [1.29, 1.82) is 0 Å². The summed E-state index contributed by atoms with van der Waals surface area (Å²) in [6.45, 7) is 3.09. The second-order valence-corrected chi connectivity index (χ2v) is 3.66. The van der Waals surface area contributed by atoms with E-state index in [9.17, 15) is 4.79 Å². The van der Waals surface area contributed by atoms with Gasteiger partial charge in [0.15, 0.2) is 0 Å². The lowest BCUT2D eigenvalue weighted by atomic mass is 10.1. The van der Waals surface area contributed by atoms with Crippen LogP contribution in [0.25, 0.3) is 0 Å². The van der Waals surface area contributed by atoms with Crippen molar-refractivity contribution in [3.05, 3.63) is 35.9 Å². The number of ether oxygens (including phenoxy) is 2. The molecule has 0 aliphatic carbocycles. The van der Waals surface area contributed by atoms with Gasteiger partial charge in [-0.1, -0.05) is 37.3 Å². The zero-order valence-corrected chi connectivity index (χ0v) is 10.6. The SMILES string of the molecule is CCN(COC)[C@@H](C(=O)OC)c1ccccc1. The van der Waals surface area contributed by atoms with E-state index in [1.54, 1.807) is 7.11 Å². The van der Waals surface area contributed by atoms with Crippen molar-refractivity contribution in [1.82, 2.24) is 4.90 Å². The Balaban J connectivity index is 2.98. The Morgan fingerprint density at radius 2 is 1.94 bits per heavy atom. The summed E-state index contributed by atoms with van der Waals surface area (Å²) in [6, 6.07) is 9.16. The molecule has 0 aromatic heterocycles. The summed E-state index contributed by atoms with van der Waals surface area (Å²) >= 11 is 0. The van der Waals surface area contributed by atoms with Crippen LogP contribution in [0.4, 0.5) is 0 Å². The summed E-state index contributed by atoms with van der Waals surface area (Å²) in [4.78, 5) is 13.8. The number of carbonyl (C=O) groups is 1. The molecule has 94 valence electrons. The Morgan fingerprint density at radius 3 is 2.41 bits per heavy atom. The van der Waals surface area contributed by atoms with Crippen LogP contribution in [0.15, 0.2) is 30.3 Å². The van der Waals surface area contributed by atoms with Gasteiger partial charge in [0.25, 0.3) is 0 Å². The van der Waals surface area contributed by atoms with Gasteiger partial charge in [-0.05, 0) is 12.1 Å². The number of methoxy groups -OCH3 is 2. The van der Waals surface area contributed by atoms with Gasteiger partial charge >= 0.3 is 5.97 Å². The number of hydrogen-bond donors (Lipinski definition) is 0. The molecular weight excluding hydrogens is 218 g/mol. The first-order valence-electron chi connectivity index (χ1n) is 5.60. The van der Waals surface area contributed by atoms with Crippen LogP contribution in [-0.4, -0.2) is 38.4 Å². The predicted molar refractivity (Wildman–Crippen MR) is 65.5 cm³/mol. The summed E-state index contributed by atoms with van der Waals surface area (Å²) in [5.74, 6) is -0.268. The first-order valence-corrected chi connectivity index (χ1v) is 5.60. The minimum absolute atomic E-state index is 0.268. The molecule has 1 rings (SSSR count). The molecule has 1 aromatic rings. The van der Waals surface area contributed by atoms with Gasteiger partial charge in [0, 0.05) is 7.11 Å². The zero-order valence-electron chi connectivity index (χ0n) is 10.6. The summed E-state index contributed by atoms with van der Waals surface area (Å²) in [5.41, 5.74) is 0.915. The lowest BCUT2D eigenvalue weighted by Crippen LogP contribution is -2.36. The fraction of sp³-hybridized carbons (Fsp3) is 0.462. The fourth-order valence-electron chi connectivity index (χ4n) is 1.76. The molecule has 4 nitrogen and oxygen atoms in total. The number of carbonyl (C=O) groups excluding carboxylic acids is 1. The smallest absolute Gasteiger partial charge is 0.327 e. The molecule has 0 unspecified atom stereocenters. The van der Waals surface area contributed by atoms with Gasteiger partial charge in [-0.2, -0.15) is 0 Å². The van der Waals surface area contributed by atoms with E-state index in [2.05, 4.69) is 0 Å². The zero-order chi connectivity index (χ0) is 12.7. The minimum atomic E-state index is -0.411. The van der Waals surface area contributed by atoms with Crippen LogP contribution in [-0.2, 0) is 14.3 Å². The Labute approximate surface area is 102 Å². The van der Waals surface area contributed by atoms with Crippen LogP contribution in [0.5, 0.6) is 0 Å². The van der Waals surface area contributed by atoms with Gasteiger partial charge in [-0.25, -0.2) is 4.79 Å². The molecule has 0 radical (unpaired) electrons. The monoisotopic (exact) mass is 237 g/mol. The average Bonchev–Trinajstić information content (AvgIpc) is 2.39. The Hall–Kier alpha value is -1.39. The third kappa shape index (κ3) is 3.54. The molecule has 0 bridgehead atoms. The van der Waals surface area contributed by atoms with Crippen LogP contribution in [0.1, 0.15) is 18.5 Å². The average molecular weight is 237 g/mol. The molecule has 0 saturated heterocycles. The van der Waals surface area contributed by atoms with Crippen LogP contribution < -0.4 is 0 Å². The van der Waals surface area contributed by atoms with Crippen molar-refractivity contribution < 1.29 is 14.3 Å². The fourth-order valence-corrected chi connectivity index (χ4v) is 1.76. The topological polar surface area (TPSA) is 38.8 Å². The van der Waals surface area contributed by atoms with Crippen LogP contribution >= 0.6 is 0 Å². The highest BCUT2D eigenvalue weighted by atomic mass is 16.5. The normalized spacial score (nSPS) is 12.5. The van der Waals surface area contributed by atoms with Crippen molar-refractivity contribution >= 4 is 5.97 Å². The summed E-state index contributed by atoms with van der Waals surface area (Å²) in [5, 5.41) is 0. The third-order valence-corrected chi connectivity index (χ3v) is 2.61. The molecule has 0 aliphatic heterocycles. The van der Waals surface area contributed by atoms with Gasteiger partial charge < -0.3 is 9.47 Å². The molecule has 4 heteroatoms. The minimum Gasteiger partial charge on any atom is -0.468 e. The predicted octanol–water partition coefficient (Wildman–Crippen LogP) is 1.83. The molecule has 17 heavy (non-hydrogen) atoms. The van der Waals surface area contributed by atoms with Gasteiger partial charge in [0.1, 0.15) is 6.04 Å². The standard InChI is InChI=1S/C13H19NO3/c1-4-14(10-16-2)12(13(15)17-3)11-8-6-5-7-9-11/h5-9,12H,4,10H2,1-3H3/t12-/m1/s1. The van der Waals surface area contributed by atoms with Crippen molar-refractivity contribution in [2.24, 2.45) is 0 Å². The van der Waals surface area contributed by atoms with Crippen LogP contribution in [0.2, 0.25) is 0 Å². The molecule has 1 aromatic carbocycles. The second kappa shape index (κ2) is 7.04. The van der Waals surface area contributed by atoms with E-state index < -0.39 is 6.04 Å². The maximum atomic E-state index is 11.9. The quantitative estimate of drug-likeness (QED) is 0.559. The molecule has 0 fully saturated rings. The van der Waals surface area contributed by atoms with E-state index in [-0.39, 0.29) is 5.97 Å². The number of nitrogens with zero attached hydrogens (tertiary/aromatic N) is 1. The molecule has 0 amide bonds. The Morgan fingerprint density at radius 1 is 1.29 bits per heavy atom. The third-order valence-electron chi connectivity index (χ3n) is 2.61. The number of esters is 1. The number of hydrogen-bond acceptors (Lipinski definition) is 4. The molecular formula is C13H19NO3. The van der Waals surface area contributed by atoms with Crippen LogP contribution in [0.3, 0.4) is 0 Å². The van der Waals surface area contributed by atoms with Gasteiger partial charge in [-0.15, -0.1) is 0 Å². The first-order chi connectivity index (χ1) is 8.24. The summed E-state index contributed by atoms with van der Waals surface area (Å²) < 4.78 is 9.97. The van der Waals surface area contributed by atoms with E-state index in [1.807, 2.05) is 42.2 Å². The van der Waals surface area contributed by atoms with Crippen molar-refractivity contribution in [2.45, 2.75) is 13.0 Å². The summed E-state index contributed by atoms with van der Waals surface area (Å²) in [6.07, 6.45) is 0. The number of rotatable bonds is 6. The highest BCUT2D eigenvalue weighted by Crippen LogP contribution is 2.21. The van der Waals surface area contributed by atoms with E-state index in [0.29, 0.717) is 13.3 Å². The highest BCUT2D eigenvalue weighted by molar-refractivity contribution is 5.77. The van der Waals surface area contributed by atoms with Crippen molar-refractivity contribution in [3.8, 4) is 0 Å². The molecule has 0 N–H and O–H groups in total. The largest absolute Gasteiger partial charge is 0.468 e. The summed E-state index contributed by atoms with van der Waals surface area (Å²) in [7, 11) is 3.01. The second-order valence-electron chi connectivity index (χ2n) is 3.66. The first kappa shape index (κ1) is 13.7. The molecule has 0 heterocycles. The van der Waals surface area contributed by atoms with Crippen LogP contribution in [0, 0.1) is 0 Å². The maximum absolute atomic E-state index is 11.9. The molecule has 0 aliphatic rings. The van der Waals surface area contributed by atoms with Crippen molar-refractivity contribution in [2.75, 3.05) is 27.5 Å². The molecule has 0 saturated carbocycles. The number of likely N-dealkylation sites (N-methyl/N-ethyl adjacent to an activating group) is 1.